The van der Waals surface area contributed by atoms with Crippen molar-refractivity contribution in [2.75, 3.05) is 0 Å². The van der Waals surface area contributed by atoms with Crippen LogP contribution >= 0.6 is 27.5 Å². The molecule has 0 aliphatic heterocycles. The van der Waals surface area contributed by atoms with Crippen molar-refractivity contribution in [1.82, 2.24) is 0 Å². The maximum absolute atomic E-state index is 13.9. The van der Waals surface area contributed by atoms with Gasteiger partial charge in [-0.2, -0.15) is 0 Å². The second kappa shape index (κ2) is 6.53. The van der Waals surface area contributed by atoms with E-state index in [4.69, 9.17) is 11.6 Å². The quantitative estimate of drug-likeness (QED) is 0.610. The van der Waals surface area contributed by atoms with Gasteiger partial charge in [-0.1, -0.05) is 59.6 Å². The Morgan fingerprint density at radius 2 is 1.84 bits per heavy atom. The average molecular weight is 342 g/mol. The molecule has 19 heavy (non-hydrogen) atoms. The van der Waals surface area contributed by atoms with Gasteiger partial charge in [-0.25, -0.2) is 4.39 Å². The zero-order valence-electron chi connectivity index (χ0n) is 10.7. The number of hydrogen-bond acceptors (Lipinski definition) is 0. The molecule has 0 radical (unpaired) electrons. The summed E-state index contributed by atoms with van der Waals surface area (Å²) in [6.45, 7) is 2.15. The Bertz CT molecular complexity index is 531. The molecular weight excluding hydrogens is 327 g/mol. The lowest BCUT2D eigenvalue weighted by molar-refractivity contribution is 0.611. The molecule has 1 atom stereocenters. The van der Waals surface area contributed by atoms with Crippen LogP contribution in [0.2, 0.25) is 0 Å². The van der Waals surface area contributed by atoms with E-state index in [-0.39, 0.29) is 5.82 Å². The largest absolute Gasteiger partial charge is 0.207 e. The number of aryl methyl sites for hydroxylation is 1. The molecule has 0 saturated heterocycles. The molecule has 3 heteroatoms. The van der Waals surface area contributed by atoms with Gasteiger partial charge in [-0.3, -0.25) is 0 Å². The molecule has 1 unspecified atom stereocenters. The summed E-state index contributed by atoms with van der Waals surface area (Å²) in [4.78, 5) is 0. The second-order valence-corrected chi connectivity index (χ2v) is 5.78. The highest BCUT2D eigenvalue weighted by Gasteiger charge is 2.18. The van der Waals surface area contributed by atoms with Gasteiger partial charge in [0.1, 0.15) is 5.82 Å². The monoisotopic (exact) mass is 340 g/mol. The van der Waals surface area contributed by atoms with Crippen molar-refractivity contribution < 1.29 is 4.39 Å². The van der Waals surface area contributed by atoms with E-state index in [0.29, 0.717) is 10.0 Å². The van der Waals surface area contributed by atoms with Gasteiger partial charge in [-0.15, -0.1) is 11.6 Å². The van der Waals surface area contributed by atoms with Crippen LogP contribution in [0.15, 0.2) is 46.9 Å². The summed E-state index contributed by atoms with van der Waals surface area (Å²) in [5.41, 5.74) is 2.68. The highest BCUT2D eigenvalue weighted by molar-refractivity contribution is 9.10. The third kappa shape index (κ3) is 3.37. The van der Waals surface area contributed by atoms with Gasteiger partial charge in [0.05, 0.1) is 5.38 Å². The molecule has 0 spiro atoms. The van der Waals surface area contributed by atoms with E-state index in [2.05, 4.69) is 35.0 Å². The van der Waals surface area contributed by atoms with Gasteiger partial charge >= 0.3 is 0 Å². The molecule has 0 N–H and O–H groups in total. The number of hydrogen-bond donors (Lipinski definition) is 0. The van der Waals surface area contributed by atoms with E-state index in [0.717, 1.165) is 18.4 Å². The summed E-state index contributed by atoms with van der Waals surface area (Å²) >= 11 is 9.76. The standard InChI is InChI=1S/C16H15BrClF/c1-2-4-11-7-9-12(10-8-11)16(18)15-13(17)5-3-6-14(15)19/h3,5-10,16H,2,4H2,1H3. The average Bonchev–Trinajstić information content (AvgIpc) is 2.39. The van der Waals surface area contributed by atoms with Gasteiger partial charge in [0.2, 0.25) is 0 Å². The second-order valence-electron chi connectivity index (χ2n) is 4.49. The smallest absolute Gasteiger partial charge is 0.129 e. The highest BCUT2D eigenvalue weighted by atomic mass is 79.9. The first-order valence-electron chi connectivity index (χ1n) is 6.30. The molecule has 0 saturated carbocycles. The molecule has 0 aliphatic rings. The number of alkyl halides is 1. The first-order valence-corrected chi connectivity index (χ1v) is 7.53. The van der Waals surface area contributed by atoms with Gasteiger partial charge in [0, 0.05) is 10.0 Å². The molecule has 2 aromatic carbocycles. The minimum absolute atomic E-state index is 0.285. The summed E-state index contributed by atoms with van der Waals surface area (Å²) < 4.78 is 14.6. The van der Waals surface area contributed by atoms with Crippen molar-refractivity contribution >= 4 is 27.5 Å². The van der Waals surface area contributed by atoms with Crippen LogP contribution in [-0.4, -0.2) is 0 Å². The first-order chi connectivity index (χ1) is 9.13. The fourth-order valence-corrected chi connectivity index (χ4v) is 3.13. The van der Waals surface area contributed by atoms with Crippen molar-refractivity contribution in [3.63, 3.8) is 0 Å². The van der Waals surface area contributed by atoms with Crippen molar-refractivity contribution in [3.05, 3.63) is 69.4 Å². The zero-order valence-corrected chi connectivity index (χ0v) is 13.0. The lowest BCUT2D eigenvalue weighted by atomic mass is 10.0. The minimum Gasteiger partial charge on any atom is -0.207 e. The van der Waals surface area contributed by atoms with Crippen LogP contribution in [0.25, 0.3) is 0 Å². The summed E-state index contributed by atoms with van der Waals surface area (Å²) in [6, 6.07) is 13.0. The third-order valence-electron chi connectivity index (χ3n) is 3.06. The maximum Gasteiger partial charge on any atom is 0.129 e. The van der Waals surface area contributed by atoms with E-state index < -0.39 is 5.38 Å². The van der Waals surface area contributed by atoms with Crippen LogP contribution < -0.4 is 0 Å². The Labute approximate surface area is 126 Å². The van der Waals surface area contributed by atoms with Crippen LogP contribution in [-0.2, 0) is 6.42 Å². The molecule has 0 amide bonds. The Morgan fingerprint density at radius 1 is 1.16 bits per heavy atom. The number of rotatable bonds is 4. The molecule has 0 aromatic heterocycles. The molecule has 0 fully saturated rings. The molecule has 0 heterocycles. The van der Waals surface area contributed by atoms with Crippen molar-refractivity contribution in [2.24, 2.45) is 0 Å². The zero-order chi connectivity index (χ0) is 13.8. The minimum atomic E-state index is -0.480. The molecule has 2 aromatic rings. The molecular formula is C16H15BrClF. The van der Waals surface area contributed by atoms with Crippen molar-refractivity contribution in [3.8, 4) is 0 Å². The van der Waals surface area contributed by atoms with Gasteiger partial charge in [0.25, 0.3) is 0 Å². The van der Waals surface area contributed by atoms with Gasteiger partial charge in [0.15, 0.2) is 0 Å². The summed E-state index contributed by atoms with van der Waals surface area (Å²) in [5, 5.41) is -0.480. The number of halogens is 3. The molecule has 0 nitrogen and oxygen atoms in total. The normalized spacial score (nSPS) is 12.4. The van der Waals surface area contributed by atoms with Crippen LogP contribution in [0.3, 0.4) is 0 Å². The van der Waals surface area contributed by atoms with Crippen LogP contribution in [0.1, 0.15) is 35.4 Å². The third-order valence-corrected chi connectivity index (χ3v) is 4.23. The van der Waals surface area contributed by atoms with E-state index in [1.165, 1.54) is 11.6 Å². The molecule has 2 rings (SSSR count). The van der Waals surface area contributed by atoms with Crippen molar-refractivity contribution in [1.29, 1.82) is 0 Å². The lowest BCUT2D eigenvalue weighted by Gasteiger charge is -2.14. The van der Waals surface area contributed by atoms with Gasteiger partial charge < -0.3 is 0 Å². The molecule has 100 valence electrons. The number of benzene rings is 2. The van der Waals surface area contributed by atoms with E-state index in [1.807, 2.05) is 12.1 Å². The Balaban J connectivity index is 2.31. The topological polar surface area (TPSA) is 0 Å². The fraction of sp³-hybridized carbons (Fsp3) is 0.250. The van der Waals surface area contributed by atoms with Crippen LogP contribution in [0.5, 0.6) is 0 Å². The summed E-state index contributed by atoms with van der Waals surface area (Å²) in [7, 11) is 0. The Morgan fingerprint density at radius 3 is 2.42 bits per heavy atom. The van der Waals surface area contributed by atoms with Crippen LogP contribution in [0, 0.1) is 5.82 Å². The van der Waals surface area contributed by atoms with Gasteiger partial charge in [-0.05, 0) is 29.7 Å². The molecule has 0 aliphatic carbocycles. The Kier molecular flexibility index (Phi) is 5.00. The maximum atomic E-state index is 13.9. The SMILES string of the molecule is CCCc1ccc(C(Cl)c2c(F)cccc2Br)cc1. The predicted octanol–water partition coefficient (Wildman–Crippen LogP) is 5.87. The summed E-state index contributed by atoms with van der Waals surface area (Å²) in [5.74, 6) is -0.285. The predicted molar refractivity (Wildman–Crippen MR) is 82.2 cm³/mol. The van der Waals surface area contributed by atoms with E-state index in [1.54, 1.807) is 12.1 Å². The summed E-state index contributed by atoms with van der Waals surface area (Å²) in [6.07, 6.45) is 2.17. The first kappa shape index (κ1) is 14.5. The lowest BCUT2D eigenvalue weighted by Crippen LogP contribution is -1.98. The Hall–Kier alpha value is -0.860. The van der Waals surface area contributed by atoms with Crippen molar-refractivity contribution in [2.45, 2.75) is 25.1 Å². The van der Waals surface area contributed by atoms with E-state index in [9.17, 15) is 4.39 Å². The highest BCUT2D eigenvalue weighted by Crippen LogP contribution is 2.35. The molecule has 0 bridgehead atoms. The van der Waals surface area contributed by atoms with Crippen LogP contribution in [0.4, 0.5) is 4.39 Å². The fourth-order valence-electron chi connectivity index (χ4n) is 2.06. The van der Waals surface area contributed by atoms with E-state index >= 15 is 0 Å².